The summed E-state index contributed by atoms with van der Waals surface area (Å²) in [5, 5.41) is 3.62. The molecule has 7 heteroatoms. The second kappa shape index (κ2) is 5.70. The lowest BCUT2D eigenvalue weighted by molar-refractivity contribution is 0.359. The van der Waals surface area contributed by atoms with Crippen LogP contribution >= 0.6 is 0 Å². The first-order valence-corrected chi connectivity index (χ1v) is 7.82. The van der Waals surface area contributed by atoms with Gasteiger partial charge in [0.1, 0.15) is 16.5 Å². The van der Waals surface area contributed by atoms with E-state index in [0.717, 1.165) is 6.07 Å². The highest BCUT2D eigenvalue weighted by molar-refractivity contribution is 7.90. The number of halogens is 1. The van der Waals surface area contributed by atoms with Crippen LogP contribution in [-0.4, -0.2) is 18.6 Å². The molecule has 1 aromatic carbocycles. The van der Waals surface area contributed by atoms with Gasteiger partial charge in [-0.15, -0.1) is 0 Å². The van der Waals surface area contributed by atoms with E-state index in [-0.39, 0.29) is 10.7 Å². The molecule has 2 aromatic rings. The first-order valence-electron chi connectivity index (χ1n) is 6.17. The van der Waals surface area contributed by atoms with Gasteiger partial charge < -0.3 is 4.52 Å². The third-order valence-corrected chi connectivity index (χ3v) is 4.22. The van der Waals surface area contributed by atoms with Crippen LogP contribution in [0.3, 0.4) is 0 Å². The van der Waals surface area contributed by atoms with E-state index < -0.39 is 21.4 Å². The van der Waals surface area contributed by atoms with Gasteiger partial charge >= 0.3 is 0 Å². The fraction of sp³-hybridized carbons (Fsp3) is 0.385. The van der Waals surface area contributed by atoms with Crippen LogP contribution in [0.1, 0.15) is 25.6 Å². The Morgan fingerprint density at radius 1 is 1.30 bits per heavy atom. The topological polar surface area (TPSA) is 73.1 Å². The van der Waals surface area contributed by atoms with Crippen LogP contribution in [0.5, 0.6) is 0 Å². The van der Waals surface area contributed by atoms with E-state index in [1.165, 1.54) is 18.2 Å². The van der Waals surface area contributed by atoms with Gasteiger partial charge in [0.15, 0.2) is 15.7 Å². The van der Waals surface area contributed by atoms with E-state index in [9.17, 15) is 12.8 Å². The summed E-state index contributed by atoms with van der Waals surface area (Å²) < 4.78 is 42.7. The van der Waals surface area contributed by atoms with Gasteiger partial charge in [-0.3, -0.25) is 0 Å². The molecule has 0 aliphatic heterocycles. The molecule has 5 nitrogen and oxygen atoms in total. The Morgan fingerprint density at radius 3 is 2.65 bits per heavy atom. The van der Waals surface area contributed by atoms with Crippen LogP contribution in [0.4, 0.5) is 4.39 Å². The van der Waals surface area contributed by atoms with Crippen molar-refractivity contribution in [3.8, 4) is 0 Å². The van der Waals surface area contributed by atoms with Gasteiger partial charge in [-0.1, -0.05) is 31.1 Å². The maximum atomic E-state index is 13.5. The molecule has 0 aliphatic carbocycles. The molecule has 0 amide bonds. The summed E-state index contributed by atoms with van der Waals surface area (Å²) in [5.74, 6) is -0.497. The van der Waals surface area contributed by atoms with Crippen LogP contribution in [0.15, 0.2) is 33.7 Å². The van der Waals surface area contributed by atoms with Crippen LogP contribution in [0, 0.1) is 11.7 Å². The molecule has 2 rings (SSSR count). The molecule has 0 aliphatic rings. The second-order valence-electron chi connectivity index (χ2n) is 4.89. The van der Waals surface area contributed by atoms with Gasteiger partial charge in [-0.05, 0) is 18.1 Å². The number of aromatic nitrogens is 2. The quantitative estimate of drug-likeness (QED) is 0.847. The molecule has 108 valence electrons. The fourth-order valence-corrected chi connectivity index (χ4v) is 2.99. The van der Waals surface area contributed by atoms with Crippen molar-refractivity contribution < 1.29 is 17.3 Å². The number of rotatable bonds is 5. The third-order valence-electron chi connectivity index (χ3n) is 2.58. The lowest BCUT2D eigenvalue weighted by atomic mass is 10.1. The normalized spacial score (nSPS) is 12.0. The van der Waals surface area contributed by atoms with Crippen molar-refractivity contribution in [1.29, 1.82) is 0 Å². The highest BCUT2D eigenvalue weighted by atomic mass is 32.2. The number of hydrogen-bond acceptors (Lipinski definition) is 5. The summed E-state index contributed by atoms with van der Waals surface area (Å²) in [4.78, 5) is 3.66. The Kier molecular flexibility index (Phi) is 4.17. The summed E-state index contributed by atoms with van der Waals surface area (Å²) in [6.45, 7) is 3.97. The summed E-state index contributed by atoms with van der Waals surface area (Å²) >= 11 is 0. The molecular formula is C13H15FN2O3S. The van der Waals surface area contributed by atoms with Crippen molar-refractivity contribution >= 4 is 9.84 Å². The zero-order chi connectivity index (χ0) is 14.8. The maximum Gasteiger partial charge on any atom is 0.226 e. The molecule has 0 N–H and O–H groups in total. The Bertz CT molecular complexity index is 695. The average molecular weight is 298 g/mol. The molecule has 0 saturated heterocycles. The van der Waals surface area contributed by atoms with Crippen molar-refractivity contribution in [2.24, 2.45) is 5.92 Å². The van der Waals surface area contributed by atoms with Gasteiger partial charge in [-0.25, -0.2) is 12.8 Å². The summed E-state index contributed by atoms with van der Waals surface area (Å²) in [5.41, 5.74) is 0. The number of sulfone groups is 1. The molecule has 0 fully saturated rings. The minimum absolute atomic E-state index is 0.0453. The summed E-state index contributed by atoms with van der Waals surface area (Å²) in [6, 6.07) is 5.23. The molecule has 20 heavy (non-hydrogen) atoms. The predicted octanol–water partition coefficient (Wildman–Crippen LogP) is 2.38. The van der Waals surface area contributed by atoms with Crippen molar-refractivity contribution in [2.75, 3.05) is 0 Å². The summed E-state index contributed by atoms with van der Waals surface area (Å²) in [7, 11) is -3.82. The van der Waals surface area contributed by atoms with E-state index in [1.807, 2.05) is 13.8 Å². The van der Waals surface area contributed by atoms with Gasteiger partial charge in [-0.2, -0.15) is 4.98 Å². The maximum absolute atomic E-state index is 13.5. The highest BCUT2D eigenvalue weighted by Crippen LogP contribution is 2.18. The van der Waals surface area contributed by atoms with E-state index in [2.05, 4.69) is 10.1 Å². The Hall–Kier alpha value is -1.76. The van der Waals surface area contributed by atoms with E-state index in [0.29, 0.717) is 18.2 Å². The van der Waals surface area contributed by atoms with E-state index >= 15 is 0 Å². The minimum atomic E-state index is -3.82. The Morgan fingerprint density at radius 2 is 2.00 bits per heavy atom. The number of nitrogens with zero attached hydrogens (tertiary/aromatic N) is 2. The summed E-state index contributed by atoms with van der Waals surface area (Å²) in [6.07, 6.45) is 0.576. The monoisotopic (exact) mass is 298 g/mol. The Balaban J connectivity index is 2.21. The van der Waals surface area contributed by atoms with Gasteiger partial charge in [0.2, 0.25) is 5.89 Å². The lowest BCUT2D eigenvalue weighted by Crippen LogP contribution is -2.08. The molecule has 1 heterocycles. The number of benzene rings is 1. The van der Waals surface area contributed by atoms with Crippen molar-refractivity contribution in [2.45, 2.75) is 30.9 Å². The second-order valence-corrected chi connectivity index (χ2v) is 6.85. The predicted molar refractivity (Wildman–Crippen MR) is 70.1 cm³/mol. The molecule has 0 atom stereocenters. The van der Waals surface area contributed by atoms with Gasteiger partial charge in [0, 0.05) is 6.42 Å². The molecule has 0 saturated carbocycles. The number of hydrogen-bond donors (Lipinski definition) is 0. The van der Waals surface area contributed by atoms with Crippen molar-refractivity contribution in [3.63, 3.8) is 0 Å². The van der Waals surface area contributed by atoms with Crippen LogP contribution in [0.2, 0.25) is 0 Å². The van der Waals surface area contributed by atoms with Gasteiger partial charge in [0.25, 0.3) is 0 Å². The molecule has 1 aromatic heterocycles. The molecule has 0 bridgehead atoms. The first-order chi connectivity index (χ1) is 9.38. The zero-order valence-electron chi connectivity index (χ0n) is 11.2. The van der Waals surface area contributed by atoms with Crippen LogP contribution < -0.4 is 0 Å². The van der Waals surface area contributed by atoms with E-state index in [4.69, 9.17) is 4.52 Å². The standard InChI is InChI=1S/C13H15FN2O3S/c1-9(2)7-13-15-12(16-19-13)8-20(17,18)11-6-4-3-5-10(11)14/h3-6,9H,7-8H2,1-2H3. The van der Waals surface area contributed by atoms with Crippen molar-refractivity contribution in [1.82, 2.24) is 10.1 Å². The molecule has 0 unspecified atom stereocenters. The smallest absolute Gasteiger partial charge is 0.226 e. The van der Waals surface area contributed by atoms with Crippen LogP contribution in [-0.2, 0) is 22.0 Å². The largest absolute Gasteiger partial charge is 0.339 e. The van der Waals surface area contributed by atoms with Crippen LogP contribution in [0.25, 0.3) is 0 Å². The lowest BCUT2D eigenvalue weighted by Gasteiger charge is -2.02. The van der Waals surface area contributed by atoms with Gasteiger partial charge in [0.05, 0.1) is 0 Å². The van der Waals surface area contributed by atoms with E-state index in [1.54, 1.807) is 0 Å². The third kappa shape index (κ3) is 3.41. The Labute approximate surface area is 116 Å². The SMILES string of the molecule is CC(C)Cc1nc(CS(=O)(=O)c2ccccc2F)no1. The van der Waals surface area contributed by atoms with Crippen molar-refractivity contribution in [3.05, 3.63) is 41.8 Å². The highest BCUT2D eigenvalue weighted by Gasteiger charge is 2.22. The minimum Gasteiger partial charge on any atom is -0.339 e. The zero-order valence-corrected chi connectivity index (χ0v) is 12.0. The first kappa shape index (κ1) is 14.6. The average Bonchev–Trinajstić information content (AvgIpc) is 2.75. The molecule has 0 spiro atoms. The fourth-order valence-electron chi connectivity index (χ4n) is 1.73. The molecular weight excluding hydrogens is 283 g/mol. The molecule has 0 radical (unpaired) electrons.